The summed E-state index contributed by atoms with van der Waals surface area (Å²) in [6, 6.07) is 7.87. The van der Waals surface area contributed by atoms with Gasteiger partial charge < -0.3 is 34.8 Å². The van der Waals surface area contributed by atoms with Crippen LogP contribution in [0.3, 0.4) is 0 Å². The van der Waals surface area contributed by atoms with E-state index in [9.17, 15) is 9.59 Å². The Morgan fingerprint density at radius 3 is 2.49 bits per heavy atom. The number of anilines is 3. The van der Waals surface area contributed by atoms with Crippen molar-refractivity contribution in [2.45, 2.75) is 84.0 Å². The van der Waals surface area contributed by atoms with Crippen LogP contribution >= 0.6 is 0 Å². The van der Waals surface area contributed by atoms with Crippen molar-refractivity contribution >= 4 is 40.1 Å². The highest BCUT2D eigenvalue weighted by Crippen LogP contribution is 2.38. The number of likely N-dealkylation sites (tertiary alicyclic amines) is 2. The molecule has 2 amide bonds. The fourth-order valence-electron chi connectivity index (χ4n) is 8.19. The van der Waals surface area contributed by atoms with Crippen molar-refractivity contribution in [2.75, 3.05) is 56.5 Å². The van der Waals surface area contributed by atoms with Gasteiger partial charge in [0.05, 0.1) is 0 Å². The van der Waals surface area contributed by atoms with Crippen LogP contribution in [0.4, 0.5) is 26.5 Å². The van der Waals surface area contributed by atoms with Crippen molar-refractivity contribution in [3.63, 3.8) is 0 Å². The molecule has 0 atom stereocenters. The van der Waals surface area contributed by atoms with E-state index < -0.39 is 5.60 Å². The van der Waals surface area contributed by atoms with Gasteiger partial charge in [-0.15, -0.1) is 0 Å². The molecule has 1 aromatic carbocycles. The average Bonchev–Trinajstić information content (AvgIpc) is 3.44. The summed E-state index contributed by atoms with van der Waals surface area (Å²) in [5.41, 5.74) is 3.34. The third-order valence-electron chi connectivity index (χ3n) is 11.0. The Bertz CT molecular complexity index is 2030. The number of hydrogen-bond donors (Lipinski definition) is 2. The fourth-order valence-corrected chi connectivity index (χ4v) is 8.19. The summed E-state index contributed by atoms with van der Waals surface area (Å²) in [7, 11) is 0. The van der Waals surface area contributed by atoms with E-state index in [0.717, 1.165) is 61.1 Å². The molecule has 4 aromatic rings. The molecule has 0 unspecified atom stereocenters. The smallest absolute Gasteiger partial charge is 0.410 e. The normalized spacial score (nSPS) is 18.9. The van der Waals surface area contributed by atoms with Crippen molar-refractivity contribution in [1.82, 2.24) is 34.4 Å². The van der Waals surface area contributed by atoms with Crippen LogP contribution in [0.5, 0.6) is 5.88 Å². The van der Waals surface area contributed by atoms with Crippen LogP contribution in [-0.2, 0) is 22.5 Å². The maximum Gasteiger partial charge on any atom is 0.410 e. The highest BCUT2D eigenvalue weighted by molar-refractivity contribution is 5.90. The topological polar surface area (TPSA) is 130 Å². The SMILES string of the molecule is Cc1c(-c2cc3cc(Nc4cc5n(n4)CC(=O)N(C4CCN(C6CCN(C(=O)OC(C)(C)C)CC6)CC4)CC5)ncc3cc2F)cnc2c1NCCO2. The number of benzene rings is 1. The number of piperidine rings is 2. The average molecular weight is 726 g/mol. The Morgan fingerprint density at radius 2 is 1.72 bits per heavy atom. The van der Waals surface area contributed by atoms with Gasteiger partial charge in [-0.2, -0.15) is 5.10 Å². The van der Waals surface area contributed by atoms with Gasteiger partial charge in [-0.3, -0.25) is 9.48 Å². The molecule has 3 aromatic heterocycles. The van der Waals surface area contributed by atoms with E-state index in [1.165, 1.54) is 6.07 Å². The van der Waals surface area contributed by atoms with Gasteiger partial charge in [-0.05, 0) is 82.5 Å². The lowest BCUT2D eigenvalue weighted by Crippen LogP contribution is -2.53. The monoisotopic (exact) mass is 725 g/mol. The van der Waals surface area contributed by atoms with E-state index in [1.807, 2.05) is 50.8 Å². The standard InChI is InChI=1S/C39H48FN9O4/c1-24-31(22-43-37-36(24)41-10-16-52-37)30-17-25-19-33(42-21-26(25)18-32(30)40)44-34-20-29-9-15-48(35(50)23-49(29)45-34)28-7-11-46(12-8-28)27-5-13-47(14-6-27)38(51)53-39(2,3)4/h17-22,27-28,41H,5-16,23H2,1-4H3,(H,42,44,45). The van der Waals surface area contributed by atoms with Crippen LogP contribution in [0.25, 0.3) is 21.9 Å². The summed E-state index contributed by atoms with van der Waals surface area (Å²) < 4.78 is 28.4. The lowest BCUT2D eigenvalue weighted by Gasteiger charge is -2.43. The zero-order valence-electron chi connectivity index (χ0n) is 31.0. The molecule has 2 saturated heterocycles. The first kappa shape index (κ1) is 35.1. The Labute approximate surface area is 308 Å². The summed E-state index contributed by atoms with van der Waals surface area (Å²) in [5, 5.41) is 12.9. The first-order valence-corrected chi connectivity index (χ1v) is 18.8. The van der Waals surface area contributed by atoms with Gasteiger partial charge in [0.1, 0.15) is 36.1 Å². The minimum Gasteiger partial charge on any atom is -0.474 e. The number of nitrogens with zero attached hydrogens (tertiary/aromatic N) is 7. The minimum absolute atomic E-state index is 0.0922. The Hall–Kier alpha value is -4.98. The molecule has 0 spiro atoms. The molecule has 4 aliphatic heterocycles. The van der Waals surface area contributed by atoms with Gasteiger partial charge in [-0.25, -0.2) is 19.2 Å². The molecule has 0 saturated carbocycles. The molecule has 2 N–H and O–H groups in total. The van der Waals surface area contributed by atoms with Gasteiger partial charge in [0.2, 0.25) is 11.8 Å². The van der Waals surface area contributed by atoms with Crippen molar-refractivity contribution in [1.29, 1.82) is 0 Å². The number of amides is 2. The largest absolute Gasteiger partial charge is 0.474 e. The molecule has 14 heteroatoms. The highest BCUT2D eigenvalue weighted by atomic mass is 19.1. The summed E-state index contributed by atoms with van der Waals surface area (Å²) >= 11 is 0. The predicted octanol–water partition coefficient (Wildman–Crippen LogP) is 5.74. The first-order valence-electron chi connectivity index (χ1n) is 18.8. The van der Waals surface area contributed by atoms with E-state index >= 15 is 4.39 Å². The van der Waals surface area contributed by atoms with Crippen molar-refractivity contribution in [3.8, 4) is 17.0 Å². The molecule has 13 nitrogen and oxygen atoms in total. The number of halogens is 1. The molecular formula is C39H48FN9O4. The number of carbonyl (C=O) groups excluding carboxylic acids is 2. The van der Waals surface area contributed by atoms with E-state index in [-0.39, 0.29) is 30.4 Å². The number of pyridine rings is 2. The second-order valence-electron chi connectivity index (χ2n) is 15.6. The van der Waals surface area contributed by atoms with Crippen LogP contribution in [0.15, 0.2) is 36.7 Å². The molecule has 2 fully saturated rings. The third kappa shape index (κ3) is 7.33. The number of aromatic nitrogens is 4. The highest BCUT2D eigenvalue weighted by Gasteiger charge is 2.35. The number of carbonyl (C=O) groups is 2. The van der Waals surface area contributed by atoms with Crippen molar-refractivity contribution in [3.05, 3.63) is 53.7 Å². The van der Waals surface area contributed by atoms with Crippen LogP contribution in [0, 0.1) is 12.7 Å². The second kappa shape index (κ2) is 14.1. The number of hydrogen-bond acceptors (Lipinski definition) is 10. The molecule has 7 heterocycles. The number of nitrogens with one attached hydrogen (secondary N) is 2. The second-order valence-corrected chi connectivity index (χ2v) is 15.6. The number of fused-ring (bicyclic) bond motifs is 3. The zero-order valence-corrected chi connectivity index (χ0v) is 31.0. The van der Waals surface area contributed by atoms with Crippen molar-refractivity contribution < 1.29 is 23.5 Å². The maximum absolute atomic E-state index is 15.4. The number of ether oxygens (including phenoxy) is 2. The predicted molar refractivity (Wildman–Crippen MR) is 200 cm³/mol. The fraction of sp³-hybridized carbons (Fsp3) is 0.513. The lowest BCUT2D eigenvalue weighted by molar-refractivity contribution is -0.135. The Kier molecular flexibility index (Phi) is 9.33. The van der Waals surface area contributed by atoms with Crippen LogP contribution in [0.1, 0.15) is 57.7 Å². The van der Waals surface area contributed by atoms with Gasteiger partial charge >= 0.3 is 6.09 Å². The minimum atomic E-state index is -0.487. The van der Waals surface area contributed by atoms with Crippen LogP contribution in [-0.4, -0.2) is 110 Å². The lowest BCUT2D eigenvalue weighted by atomic mass is 9.97. The Morgan fingerprint density at radius 1 is 0.943 bits per heavy atom. The summed E-state index contributed by atoms with van der Waals surface area (Å²) in [5.74, 6) is 1.47. The summed E-state index contributed by atoms with van der Waals surface area (Å²) in [4.78, 5) is 41.5. The summed E-state index contributed by atoms with van der Waals surface area (Å²) in [6.07, 6.45) is 7.58. The van der Waals surface area contributed by atoms with Gasteiger partial charge in [0, 0.05) is 98.4 Å². The van der Waals surface area contributed by atoms with Crippen LogP contribution in [0.2, 0.25) is 0 Å². The van der Waals surface area contributed by atoms with Gasteiger partial charge in [-0.1, -0.05) is 0 Å². The first-order chi connectivity index (χ1) is 25.5. The molecular weight excluding hydrogens is 677 g/mol. The Balaban J connectivity index is 0.879. The molecule has 53 heavy (non-hydrogen) atoms. The van der Waals surface area contributed by atoms with E-state index in [4.69, 9.17) is 14.6 Å². The molecule has 280 valence electrons. The van der Waals surface area contributed by atoms with Crippen LogP contribution < -0.4 is 15.4 Å². The van der Waals surface area contributed by atoms with E-state index in [2.05, 4.69) is 30.4 Å². The third-order valence-corrected chi connectivity index (χ3v) is 11.0. The molecule has 0 radical (unpaired) electrons. The molecule has 0 aliphatic carbocycles. The van der Waals surface area contributed by atoms with E-state index in [1.54, 1.807) is 17.1 Å². The quantitative estimate of drug-likeness (QED) is 0.263. The van der Waals surface area contributed by atoms with Gasteiger partial charge in [0.25, 0.3) is 0 Å². The maximum atomic E-state index is 15.4. The molecule has 4 aliphatic rings. The van der Waals surface area contributed by atoms with Gasteiger partial charge in [0.15, 0.2) is 5.82 Å². The summed E-state index contributed by atoms with van der Waals surface area (Å²) in [6.45, 7) is 13.0. The zero-order chi connectivity index (χ0) is 36.9. The molecule has 0 bridgehead atoms. The number of rotatable bonds is 5. The van der Waals surface area contributed by atoms with E-state index in [0.29, 0.717) is 79.3 Å². The molecule has 8 rings (SSSR count). The van der Waals surface area contributed by atoms with Crippen molar-refractivity contribution in [2.24, 2.45) is 0 Å².